The summed E-state index contributed by atoms with van der Waals surface area (Å²) >= 11 is 1.28. The van der Waals surface area contributed by atoms with Gasteiger partial charge in [0, 0.05) is 12.2 Å². The molecule has 5 nitrogen and oxygen atoms in total. The van der Waals surface area contributed by atoms with E-state index in [0.29, 0.717) is 21.6 Å². The van der Waals surface area contributed by atoms with Gasteiger partial charge in [0.15, 0.2) is 5.01 Å². The van der Waals surface area contributed by atoms with Crippen LogP contribution in [0, 0.1) is 5.92 Å². The third kappa shape index (κ3) is 2.72. The van der Waals surface area contributed by atoms with Gasteiger partial charge in [-0.3, -0.25) is 4.79 Å². The van der Waals surface area contributed by atoms with Crippen molar-refractivity contribution in [3.8, 4) is 10.6 Å². The van der Waals surface area contributed by atoms with Crippen LogP contribution in [0.3, 0.4) is 0 Å². The van der Waals surface area contributed by atoms with Crippen molar-refractivity contribution in [1.29, 1.82) is 0 Å². The summed E-state index contributed by atoms with van der Waals surface area (Å²) in [6, 6.07) is 2.00. The number of fused-ring (bicyclic) bond motifs is 1. The van der Waals surface area contributed by atoms with Crippen molar-refractivity contribution in [3.05, 3.63) is 27.7 Å². The Bertz CT molecular complexity index is 717. The highest BCUT2D eigenvalue weighted by Crippen LogP contribution is 2.28. The lowest BCUT2D eigenvalue weighted by molar-refractivity contribution is 0.499. The maximum absolute atomic E-state index is 12.8. The van der Waals surface area contributed by atoms with E-state index in [1.54, 1.807) is 0 Å². The van der Waals surface area contributed by atoms with Gasteiger partial charge in [-0.25, -0.2) is 0 Å². The van der Waals surface area contributed by atoms with Crippen LogP contribution in [0.25, 0.3) is 10.6 Å². The third-order valence-corrected chi connectivity index (χ3v) is 4.74. The molecule has 21 heavy (non-hydrogen) atoms. The van der Waals surface area contributed by atoms with Gasteiger partial charge in [0.2, 0.25) is 5.13 Å². The molecule has 0 unspecified atom stereocenters. The van der Waals surface area contributed by atoms with Crippen LogP contribution < -0.4 is 11.3 Å². The number of aryl methyl sites for hydroxylation is 1. The minimum absolute atomic E-state index is 0.0486. The van der Waals surface area contributed by atoms with Gasteiger partial charge in [0.25, 0.3) is 5.56 Å². The number of aromatic nitrogens is 3. The highest BCUT2D eigenvalue weighted by atomic mass is 32.1. The second-order valence-corrected chi connectivity index (χ2v) is 6.98. The van der Waals surface area contributed by atoms with E-state index in [1.165, 1.54) is 22.6 Å². The van der Waals surface area contributed by atoms with Crippen molar-refractivity contribution in [2.75, 3.05) is 5.73 Å². The lowest BCUT2D eigenvalue weighted by atomic mass is 10.1. The molecule has 0 fully saturated rings. The molecule has 6 heteroatoms. The zero-order chi connectivity index (χ0) is 15.0. The Morgan fingerprint density at radius 2 is 2.19 bits per heavy atom. The third-order valence-electron chi connectivity index (χ3n) is 3.95. The zero-order valence-electron chi connectivity index (χ0n) is 12.4. The summed E-state index contributed by atoms with van der Waals surface area (Å²) in [5.41, 5.74) is 8.84. The predicted molar refractivity (Wildman–Crippen MR) is 85.5 cm³/mol. The second kappa shape index (κ2) is 5.60. The predicted octanol–water partition coefficient (Wildman–Crippen LogP) is 2.48. The second-order valence-electron chi connectivity index (χ2n) is 5.97. The quantitative estimate of drug-likeness (QED) is 0.941. The molecule has 0 bridgehead atoms. The van der Waals surface area contributed by atoms with Gasteiger partial charge in [-0.2, -0.15) is 0 Å². The van der Waals surface area contributed by atoms with E-state index >= 15 is 0 Å². The molecule has 1 aliphatic rings. The van der Waals surface area contributed by atoms with E-state index in [-0.39, 0.29) is 5.56 Å². The first kappa shape index (κ1) is 14.3. The highest BCUT2D eigenvalue weighted by Gasteiger charge is 2.21. The maximum atomic E-state index is 12.8. The average molecular weight is 304 g/mol. The molecule has 0 spiro atoms. The molecule has 0 radical (unpaired) electrons. The number of nitrogen functional groups attached to an aromatic ring is 1. The van der Waals surface area contributed by atoms with Crippen molar-refractivity contribution in [1.82, 2.24) is 14.8 Å². The molecule has 0 amide bonds. The summed E-state index contributed by atoms with van der Waals surface area (Å²) in [7, 11) is 0. The largest absolute Gasteiger partial charge is 0.374 e. The summed E-state index contributed by atoms with van der Waals surface area (Å²) in [6.07, 6.45) is 4.17. The van der Waals surface area contributed by atoms with Crippen molar-refractivity contribution in [2.45, 2.75) is 46.1 Å². The minimum atomic E-state index is 0.0486. The summed E-state index contributed by atoms with van der Waals surface area (Å²) < 4.78 is 1.95. The molecule has 2 aromatic rings. The van der Waals surface area contributed by atoms with Crippen molar-refractivity contribution >= 4 is 16.5 Å². The van der Waals surface area contributed by atoms with E-state index in [1.807, 2.05) is 10.6 Å². The molecule has 0 aliphatic heterocycles. The van der Waals surface area contributed by atoms with Crippen LogP contribution in [-0.4, -0.2) is 14.8 Å². The average Bonchev–Trinajstić information content (AvgIpc) is 3.05. The number of hydrogen-bond acceptors (Lipinski definition) is 5. The van der Waals surface area contributed by atoms with Gasteiger partial charge in [-0.15, -0.1) is 10.2 Å². The monoisotopic (exact) mass is 304 g/mol. The van der Waals surface area contributed by atoms with Crippen LogP contribution >= 0.6 is 11.3 Å². The van der Waals surface area contributed by atoms with Crippen LogP contribution in [0.1, 0.15) is 37.9 Å². The molecule has 112 valence electrons. The van der Waals surface area contributed by atoms with E-state index in [2.05, 4.69) is 24.0 Å². The lowest BCUT2D eigenvalue weighted by Gasteiger charge is -2.15. The molecule has 0 saturated carbocycles. The van der Waals surface area contributed by atoms with E-state index < -0.39 is 0 Å². The highest BCUT2D eigenvalue weighted by molar-refractivity contribution is 7.18. The van der Waals surface area contributed by atoms with Gasteiger partial charge in [-0.1, -0.05) is 25.2 Å². The summed E-state index contributed by atoms with van der Waals surface area (Å²) in [4.78, 5) is 12.8. The van der Waals surface area contributed by atoms with Crippen molar-refractivity contribution in [2.24, 2.45) is 5.92 Å². The Labute approximate surface area is 127 Å². The Balaban J connectivity index is 2.10. The SMILES string of the molecule is CC(C)CCn1c2c(cc(-c3nnc(N)s3)c1=O)CCC2. The van der Waals surface area contributed by atoms with Crippen LogP contribution in [0.2, 0.25) is 0 Å². The fraction of sp³-hybridized carbons (Fsp3) is 0.533. The van der Waals surface area contributed by atoms with E-state index in [9.17, 15) is 4.79 Å². The van der Waals surface area contributed by atoms with Crippen LogP contribution in [0.4, 0.5) is 5.13 Å². The lowest BCUT2D eigenvalue weighted by Crippen LogP contribution is -2.26. The number of nitrogens with zero attached hydrogens (tertiary/aromatic N) is 3. The van der Waals surface area contributed by atoms with E-state index in [0.717, 1.165) is 32.2 Å². The summed E-state index contributed by atoms with van der Waals surface area (Å²) in [6.45, 7) is 5.14. The Morgan fingerprint density at radius 1 is 1.38 bits per heavy atom. The summed E-state index contributed by atoms with van der Waals surface area (Å²) in [5, 5.41) is 8.90. The van der Waals surface area contributed by atoms with Gasteiger partial charge in [0.05, 0.1) is 5.56 Å². The number of rotatable bonds is 4. The van der Waals surface area contributed by atoms with Crippen LogP contribution in [0.5, 0.6) is 0 Å². The summed E-state index contributed by atoms with van der Waals surface area (Å²) in [5.74, 6) is 0.579. The Hall–Kier alpha value is -1.69. The molecule has 2 heterocycles. The first-order valence-corrected chi connectivity index (χ1v) is 8.23. The van der Waals surface area contributed by atoms with Gasteiger partial charge < -0.3 is 10.3 Å². The molecule has 0 saturated heterocycles. The van der Waals surface area contributed by atoms with Crippen molar-refractivity contribution in [3.63, 3.8) is 0 Å². The molecule has 2 N–H and O–H groups in total. The molecule has 0 atom stereocenters. The Kier molecular flexibility index (Phi) is 3.80. The molecule has 2 aromatic heterocycles. The molecular weight excluding hydrogens is 284 g/mol. The topological polar surface area (TPSA) is 73.8 Å². The first-order valence-electron chi connectivity index (χ1n) is 7.41. The zero-order valence-corrected chi connectivity index (χ0v) is 13.2. The number of pyridine rings is 1. The van der Waals surface area contributed by atoms with E-state index in [4.69, 9.17) is 5.73 Å². The fourth-order valence-electron chi connectivity index (χ4n) is 2.84. The number of nitrogens with two attached hydrogens (primary N) is 1. The van der Waals surface area contributed by atoms with Crippen LogP contribution in [0.15, 0.2) is 10.9 Å². The first-order chi connectivity index (χ1) is 10.1. The number of anilines is 1. The van der Waals surface area contributed by atoms with Gasteiger partial charge in [0.1, 0.15) is 0 Å². The normalized spacial score (nSPS) is 13.9. The Morgan fingerprint density at radius 3 is 2.86 bits per heavy atom. The maximum Gasteiger partial charge on any atom is 0.261 e. The standard InChI is InChI=1S/C15H20N4OS/c1-9(2)6-7-19-12-5-3-4-10(12)8-11(14(19)20)13-17-18-15(16)21-13/h8-9H,3-7H2,1-2H3,(H2,16,18). The molecule has 3 rings (SSSR count). The van der Waals surface area contributed by atoms with Crippen LogP contribution in [-0.2, 0) is 19.4 Å². The molecule has 1 aliphatic carbocycles. The van der Waals surface area contributed by atoms with Gasteiger partial charge in [-0.05, 0) is 43.2 Å². The van der Waals surface area contributed by atoms with Gasteiger partial charge >= 0.3 is 0 Å². The fourth-order valence-corrected chi connectivity index (χ4v) is 3.46. The molecule has 0 aromatic carbocycles. The minimum Gasteiger partial charge on any atom is -0.374 e. The molecular formula is C15H20N4OS. The van der Waals surface area contributed by atoms with Crippen molar-refractivity contribution < 1.29 is 0 Å². The smallest absolute Gasteiger partial charge is 0.261 e. The number of hydrogen-bond donors (Lipinski definition) is 1.